The Balaban J connectivity index is 1.28. The van der Waals surface area contributed by atoms with Crippen LogP contribution in [-0.2, 0) is 16.9 Å². The van der Waals surface area contributed by atoms with Gasteiger partial charge in [0.05, 0.1) is 10.4 Å². The average molecular weight is 558 g/mol. The molecule has 0 saturated carbocycles. The second-order valence-electron chi connectivity index (χ2n) is 9.64. The van der Waals surface area contributed by atoms with E-state index in [9.17, 15) is 14.9 Å². The molecule has 6 rings (SSSR count). The van der Waals surface area contributed by atoms with Crippen LogP contribution < -0.4 is 10.1 Å². The first-order valence-electron chi connectivity index (χ1n) is 12.0. The van der Waals surface area contributed by atoms with Gasteiger partial charge in [0.1, 0.15) is 12.4 Å². The van der Waals surface area contributed by atoms with Crippen LogP contribution in [0.1, 0.15) is 22.6 Å². The zero-order chi connectivity index (χ0) is 25.7. The SMILES string of the molecule is CN1C[C@H](c2ccc(OCc3ccc4ccccc4c3)c(Br)c2)[C@H]([N+](=O)[O-])[C@]12C(=O)Nc1ccccc12. The van der Waals surface area contributed by atoms with Crippen molar-refractivity contribution < 1.29 is 14.5 Å². The van der Waals surface area contributed by atoms with E-state index in [4.69, 9.17) is 4.74 Å². The van der Waals surface area contributed by atoms with Gasteiger partial charge in [0.25, 0.3) is 11.9 Å². The van der Waals surface area contributed by atoms with Gasteiger partial charge in [-0.3, -0.25) is 19.8 Å². The first-order valence-corrected chi connectivity index (χ1v) is 12.8. The molecule has 8 heteroatoms. The van der Waals surface area contributed by atoms with E-state index in [0.717, 1.165) is 16.5 Å². The smallest absolute Gasteiger partial charge is 0.256 e. The monoisotopic (exact) mass is 557 g/mol. The fourth-order valence-electron chi connectivity index (χ4n) is 5.93. The van der Waals surface area contributed by atoms with E-state index in [2.05, 4.69) is 45.5 Å². The number of carbonyl (C=O) groups excluding carboxylic acids is 1. The number of halogens is 1. The topological polar surface area (TPSA) is 84.7 Å². The zero-order valence-electron chi connectivity index (χ0n) is 20.1. The third kappa shape index (κ3) is 3.70. The molecule has 2 aliphatic rings. The van der Waals surface area contributed by atoms with Crippen LogP contribution in [0.15, 0.2) is 89.4 Å². The van der Waals surface area contributed by atoms with Crippen LogP contribution in [-0.4, -0.2) is 35.4 Å². The molecule has 0 radical (unpaired) electrons. The van der Waals surface area contributed by atoms with Crippen LogP contribution in [0.25, 0.3) is 10.8 Å². The lowest BCUT2D eigenvalue weighted by atomic mass is 9.79. The minimum atomic E-state index is -1.36. The number of benzene rings is 4. The van der Waals surface area contributed by atoms with Crippen molar-refractivity contribution >= 4 is 38.3 Å². The lowest BCUT2D eigenvalue weighted by Crippen LogP contribution is -2.54. The third-order valence-corrected chi connectivity index (χ3v) is 8.25. The highest BCUT2D eigenvalue weighted by Crippen LogP contribution is 2.52. The maximum Gasteiger partial charge on any atom is 0.256 e. The van der Waals surface area contributed by atoms with Gasteiger partial charge in [0.15, 0.2) is 5.54 Å². The van der Waals surface area contributed by atoms with Crippen molar-refractivity contribution in [2.75, 3.05) is 18.9 Å². The van der Waals surface area contributed by atoms with Gasteiger partial charge in [-0.05, 0) is 69.1 Å². The van der Waals surface area contributed by atoms with Crippen LogP contribution in [0.2, 0.25) is 0 Å². The lowest BCUT2D eigenvalue weighted by molar-refractivity contribution is -0.534. The molecule has 2 heterocycles. The number of nitro groups is 1. The van der Waals surface area contributed by atoms with Crippen molar-refractivity contribution in [2.45, 2.75) is 24.1 Å². The van der Waals surface area contributed by atoms with Gasteiger partial charge < -0.3 is 10.1 Å². The molecule has 1 spiro atoms. The third-order valence-electron chi connectivity index (χ3n) is 7.63. The Bertz CT molecular complexity index is 1560. The predicted octanol–water partition coefficient (Wildman–Crippen LogP) is 5.70. The van der Waals surface area contributed by atoms with E-state index < -0.39 is 17.5 Å². The van der Waals surface area contributed by atoms with Gasteiger partial charge in [0, 0.05) is 22.7 Å². The van der Waals surface area contributed by atoms with Crippen LogP contribution in [0.4, 0.5) is 5.69 Å². The van der Waals surface area contributed by atoms with Crippen LogP contribution in [0, 0.1) is 10.1 Å². The first kappa shape index (κ1) is 23.6. The van der Waals surface area contributed by atoms with E-state index in [-0.39, 0.29) is 10.8 Å². The number of ether oxygens (including phenoxy) is 1. The molecule has 1 saturated heterocycles. The lowest BCUT2D eigenvalue weighted by Gasteiger charge is -2.30. The Morgan fingerprint density at radius 3 is 2.59 bits per heavy atom. The molecule has 1 fully saturated rings. The Hall–Kier alpha value is -3.75. The molecule has 4 aromatic carbocycles. The zero-order valence-corrected chi connectivity index (χ0v) is 21.6. The molecule has 7 nitrogen and oxygen atoms in total. The van der Waals surface area contributed by atoms with Crippen LogP contribution in [0.3, 0.4) is 0 Å². The van der Waals surface area contributed by atoms with Gasteiger partial charge in [-0.2, -0.15) is 0 Å². The summed E-state index contributed by atoms with van der Waals surface area (Å²) in [6.45, 7) is 0.768. The predicted molar refractivity (Wildman–Crippen MR) is 145 cm³/mol. The second kappa shape index (κ2) is 8.97. The van der Waals surface area contributed by atoms with Crippen molar-refractivity contribution in [3.05, 3.63) is 116 Å². The number of amides is 1. The van der Waals surface area contributed by atoms with Gasteiger partial charge in [0.2, 0.25) is 0 Å². The minimum absolute atomic E-state index is 0.298. The number of hydrogen-bond donors (Lipinski definition) is 1. The number of para-hydroxylation sites is 1. The normalized spacial score (nSPS) is 22.8. The summed E-state index contributed by atoms with van der Waals surface area (Å²) >= 11 is 3.60. The van der Waals surface area contributed by atoms with Crippen molar-refractivity contribution in [2.24, 2.45) is 0 Å². The molecule has 0 aromatic heterocycles. The number of rotatable bonds is 5. The molecule has 37 heavy (non-hydrogen) atoms. The molecule has 2 aliphatic heterocycles. The summed E-state index contributed by atoms with van der Waals surface area (Å²) in [5, 5.41) is 17.7. The van der Waals surface area contributed by atoms with E-state index in [1.54, 1.807) is 13.1 Å². The minimum Gasteiger partial charge on any atom is -0.488 e. The second-order valence-corrected chi connectivity index (χ2v) is 10.5. The number of likely N-dealkylation sites (tertiary alicyclic amines) is 1. The van der Waals surface area contributed by atoms with Crippen molar-refractivity contribution in [3.8, 4) is 5.75 Å². The Morgan fingerprint density at radius 1 is 1.05 bits per heavy atom. The fourth-order valence-corrected chi connectivity index (χ4v) is 6.45. The molecule has 1 N–H and O–H groups in total. The number of nitrogens with one attached hydrogen (secondary N) is 1. The Labute approximate surface area is 222 Å². The van der Waals surface area contributed by atoms with Crippen LogP contribution in [0.5, 0.6) is 5.75 Å². The Kier molecular flexibility index (Phi) is 5.73. The van der Waals surface area contributed by atoms with Crippen molar-refractivity contribution in [1.82, 2.24) is 4.90 Å². The molecule has 0 unspecified atom stereocenters. The number of nitrogens with zero attached hydrogens (tertiary/aromatic N) is 2. The standard InChI is InChI=1S/C29H24BrN3O4/c1-32-16-22(27(33(35)36)29(32)23-8-4-5-9-25(23)31-28(29)34)21-12-13-26(24(30)15-21)37-17-18-10-11-19-6-2-3-7-20(19)14-18/h2-15,22,27H,16-17H2,1H3,(H,31,34)/t22-,27+,29-/m1/s1. The van der Waals surface area contributed by atoms with Crippen LogP contribution >= 0.6 is 15.9 Å². The molecule has 1 amide bonds. The highest BCUT2D eigenvalue weighted by atomic mass is 79.9. The van der Waals surface area contributed by atoms with E-state index in [0.29, 0.717) is 34.6 Å². The molecular weight excluding hydrogens is 534 g/mol. The van der Waals surface area contributed by atoms with E-state index in [1.165, 1.54) is 5.39 Å². The van der Waals surface area contributed by atoms with Crippen molar-refractivity contribution in [3.63, 3.8) is 0 Å². The van der Waals surface area contributed by atoms with Crippen molar-refractivity contribution in [1.29, 1.82) is 0 Å². The number of carbonyl (C=O) groups is 1. The van der Waals surface area contributed by atoms with E-state index in [1.807, 2.05) is 59.5 Å². The molecule has 0 bridgehead atoms. The quantitative estimate of drug-likeness (QED) is 0.251. The van der Waals surface area contributed by atoms with Gasteiger partial charge in [-0.1, -0.05) is 60.7 Å². The summed E-state index contributed by atoms with van der Waals surface area (Å²) in [5.41, 5.74) is 1.76. The number of likely N-dealkylation sites (N-methyl/N-ethyl adjacent to an activating group) is 1. The largest absolute Gasteiger partial charge is 0.488 e. The molecular formula is C29H24BrN3O4. The molecule has 3 atom stereocenters. The number of fused-ring (bicyclic) bond motifs is 3. The highest BCUT2D eigenvalue weighted by molar-refractivity contribution is 9.10. The average Bonchev–Trinajstić information content (AvgIpc) is 3.37. The number of anilines is 1. The maximum atomic E-state index is 13.3. The summed E-state index contributed by atoms with van der Waals surface area (Å²) in [6, 6.07) is 26.1. The summed E-state index contributed by atoms with van der Waals surface area (Å²) in [5.74, 6) is -0.183. The summed E-state index contributed by atoms with van der Waals surface area (Å²) in [4.78, 5) is 27.3. The maximum absolute atomic E-state index is 13.3. The number of hydrogen-bond acceptors (Lipinski definition) is 5. The van der Waals surface area contributed by atoms with Gasteiger partial charge in [-0.25, -0.2) is 0 Å². The molecule has 4 aromatic rings. The summed E-state index contributed by atoms with van der Waals surface area (Å²) in [7, 11) is 1.79. The highest BCUT2D eigenvalue weighted by Gasteiger charge is 2.68. The van der Waals surface area contributed by atoms with Gasteiger partial charge in [-0.15, -0.1) is 0 Å². The van der Waals surface area contributed by atoms with E-state index >= 15 is 0 Å². The summed E-state index contributed by atoms with van der Waals surface area (Å²) in [6.07, 6.45) is 0. The van der Waals surface area contributed by atoms with Gasteiger partial charge >= 0.3 is 0 Å². The fraction of sp³-hybridized carbons (Fsp3) is 0.207. The summed E-state index contributed by atoms with van der Waals surface area (Å²) < 4.78 is 6.80. The molecule has 186 valence electrons. The Morgan fingerprint density at radius 2 is 1.81 bits per heavy atom. The first-order chi connectivity index (χ1) is 17.9. The molecule has 0 aliphatic carbocycles.